The first-order valence-corrected chi connectivity index (χ1v) is 8.37. The van der Waals surface area contributed by atoms with Crippen molar-refractivity contribution in [3.63, 3.8) is 0 Å². The van der Waals surface area contributed by atoms with E-state index < -0.39 is 0 Å². The Balaban J connectivity index is 1.71. The number of carbonyl (C=O) groups is 1. The minimum atomic E-state index is 0.0807. The van der Waals surface area contributed by atoms with Gasteiger partial charge in [-0.3, -0.25) is 4.79 Å². The van der Waals surface area contributed by atoms with Crippen LogP contribution in [0.5, 0.6) is 0 Å². The number of amides is 1. The molecule has 3 nitrogen and oxygen atoms in total. The van der Waals surface area contributed by atoms with Gasteiger partial charge in [-0.2, -0.15) is 0 Å². The summed E-state index contributed by atoms with van der Waals surface area (Å²) in [5.74, 6) is 0.406. The Hall–Kier alpha value is -2.13. The fourth-order valence-corrected chi connectivity index (χ4v) is 3.40. The molecule has 2 aromatic rings. The molecule has 0 bridgehead atoms. The number of benzene rings is 2. The standard InChI is InChI=1S/C20H24N2O/c21-18-12-11-17(13-18)20(23)22-14-19(15-7-3-1-4-8-15)16-9-5-2-6-10-16/h1-10,17-19H,11-14,21H2,(H,22,23). The normalized spacial score (nSPS) is 20.6. The molecule has 3 N–H and O–H groups in total. The molecule has 0 aliphatic heterocycles. The van der Waals surface area contributed by atoms with Gasteiger partial charge < -0.3 is 11.1 Å². The highest BCUT2D eigenvalue weighted by Crippen LogP contribution is 2.26. The molecule has 1 amide bonds. The van der Waals surface area contributed by atoms with E-state index >= 15 is 0 Å². The first-order valence-electron chi connectivity index (χ1n) is 8.37. The third kappa shape index (κ3) is 3.99. The topological polar surface area (TPSA) is 55.1 Å². The van der Waals surface area contributed by atoms with Gasteiger partial charge in [0.05, 0.1) is 0 Å². The van der Waals surface area contributed by atoms with Gasteiger partial charge in [-0.1, -0.05) is 60.7 Å². The van der Waals surface area contributed by atoms with E-state index in [0.29, 0.717) is 6.54 Å². The van der Waals surface area contributed by atoms with E-state index in [1.807, 2.05) is 36.4 Å². The van der Waals surface area contributed by atoms with Gasteiger partial charge in [-0.05, 0) is 30.4 Å². The summed E-state index contributed by atoms with van der Waals surface area (Å²) in [6, 6.07) is 20.9. The molecule has 1 aliphatic rings. The van der Waals surface area contributed by atoms with Gasteiger partial charge in [0.2, 0.25) is 5.91 Å². The van der Waals surface area contributed by atoms with Crippen molar-refractivity contribution in [3.8, 4) is 0 Å². The number of rotatable bonds is 5. The molecule has 0 aromatic heterocycles. The highest BCUT2D eigenvalue weighted by Gasteiger charge is 2.28. The smallest absolute Gasteiger partial charge is 0.223 e. The number of carbonyl (C=O) groups excluding carboxylic acids is 1. The highest BCUT2D eigenvalue weighted by molar-refractivity contribution is 5.79. The predicted molar refractivity (Wildman–Crippen MR) is 93.1 cm³/mol. The highest BCUT2D eigenvalue weighted by atomic mass is 16.1. The molecule has 3 rings (SSSR count). The molecule has 0 saturated heterocycles. The lowest BCUT2D eigenvalue weighted by Crippen LogP contribution is -2.33. The Morgan fingerprint density at radius 1 is 1.00 bits per heavy atom. The maximum absolute atomic E-state index is 12.4. The Morgan fingerprint density at radius 3 is 2.04 bits per heavy atom. The van der Waals surface area contributed by atoms with Crippen LogP contribution in [0.15, 0.2) is 60.7 Å². The molecule has 2 aromatic carbocycles. The van der Waals surface area contributed by atoms with E-state index in [0.717, 1.165) is 19.3 Å². The second kappa shape index (κ2) is 7.42. The van der Waals surface area contributed by atoms with Crippen molar-refractivity contribution in [1.82, 2.24) is 5.32 Å². The summed E-state index contributed by atoms with van der Waals surface area (Å²) in [6.45, 7) is 0.624. The Morgan fingerprint density at radius 2 is 1.57 bits per heavy atom. The summed E-state index contributed by atoms with van der Waals surface area (Å²) in [6.07, 6.45) is 2.68. The quantitative estimate of drug-likeness (QED) is 0.892. The molecule has 120 valence electrons. The predicted octanol–water partition coefficient (Wildman–Crippen LogP) is 3.06. The third-order valence-electron chi connectivity index (χ3n) is 4.73. The van der Waals surface area contributed by atoms with Crippen LogP contribution in [0.25, 0.3) is 0 Å². The molecule has 1 saturated carbocycles. The first-order chi connectivity index (χ1) is 11.2. The van der Waals surface area contributed by atoms with Gasteiger partial charge >= 0.3 is 0 Å². The number of nitrogens with one attached hydrogen (secondary N) is 1. The van der Waals surface area contributed by atoms with Crippen LogP contribution in [0.1, 0.15) is 36.3 Å². The van der Waals surface area contributed by atoms with Gasteiger partial charge in [0.15, 0.2) is 0 Å². The van der Waals surface area contributed by atoms with Crippen molar-refractivity contribution in [2.75, 3.05) is 6.54 Å². The molecule has 1 aliphatic carbocycles. The molecule has 0 radical (unpaired) electrons. The zero-order valence-electron chi connectivity index (χ0n) is 13.3. The molecule has 3 heteroatoms. The summed E-state index contributed by atoms with van der Waals surface area (Å²) in [4.78, 5) is 12.4. The summed E-state index contributed by atoms with van der Waals surface area (Å²) in [7, 11) is 0. The molecule has 2 atom stereocenters. The maximum Gasteiger partial charge on any atom is 0.223 e. The van der Waals surface area contributed by atoms with Crippen LogP contribution in [0, 0.1) is 5.92 Å². The molecular weight excluding hydrogens is 284 g/mol. The minimum Gasteiger partial charge on any atom is -0.355 e. The van der Waals surface area contributed by atoms with E-state index in [-0.39, 0.29) is 23.8 Å². The summed E-state index contributed by atoms with van der Waals surface area (Å²) < 4.78 is 0. The summed E-state index contributed by atoms with van der Waals surface area (Å²) in [5.41, 5.74) is 8.37. The van der Waals surface area contributed by atoms with Crippen LogP contribution >= 0.6 is 0 Å². The van der Waals surface area contributed by atoms with E-state index in [9.17, 15) is 4.79 Å². The lowest BCUT2D eigenvalue weighted by Gasteiger charge is -2.20. The largest absolute Gasteiger partial charge is 0.355 e. The fourth-order valence-electron chi connectivity index (χ4n) is 3.40. The lowest BCUT2D eigenvalue weighted by atomic mass is 9.91. The van der Waals surface area contributed by atoms with Gasteiger partial charge in [0, 0.05) is 24.4 Å². The van der Waals surface area contributed by atoms with E-state index in [4.69, 9.17) is 5.73 Å². The van der Waals surface area contributed by atoms with E-state index in [1.54, 1.807) is 0 Å². The average molecular weight is 308 g/mol. The average Bonchev–Trinajstić information content (AvgIpc) is 3.03. The van der Waals surface area contributed by atoms with Crippen LogP contribution in [0.3, 0.4) is 0 Å². The fraction of sp³-hybridized carbons (Fsp3) is 0.350. The molecule has 23 heavy (non-hydrogen) atoms. The van der Waals surface area contributed by atoms with Crippen molar-refractivity contribution in [2.24, 2.45) is 11.7 Å². The second-order valence-electron chi connectivity index (χ2n) is 6.39. The first kappa shape index (κ1) is 15.8. The number of hydrogen-bond acceptors (Lipinski definition) is 2. The zero-order valence-corrected chi connectivity index (χ0v) is 13.3. The van der Waals surface area contributed by atoms with Gasteiger partial charge in [-0.25, -0.2) is 0 Å². The Bertz CT molecular complexity index is 587. The van der Waals surface area contributed by atoms with Gasteiger partial charge in [0.25, 0.3) is 0 Å². The van der Waals surface area contributed by atoms with Crippen LogP contribution < -0.4 is 11.1 Å². The van der Waals surface area contributed by atoms with Crippen LogP contribution in [0.4, 0.5) is 0 Å². The van der Waals surface area contributed by atoms with Gasteiger partial charge in [0.1, 0.15) is 0 Å². The van der Waals surface area contributed by atoms with Crippen LogP contribution in [-0.2, 0) is 4.79 Å². The SMILES string of the molecule is NC1CCC(C(=O)NCC(c2ccccc2)c2ccccc2)C1. The minimum absolute atomic E-state index is 0.0807. The van der Waals surface area contributed by atoms with E-state index in [1.165, 1.54) is 11.1 Å². The molecule has 0 heterocycles. The zero-order chi connectivity index (χ0) is 16.1. The molecule has 0 spiro atoms. The number of hydrogen-bond donors (Lipinski definition) is 2. The van der Waals surface area contributed by atoms with E-state index in [2.05, 4.69) is 29.6 Å². The number of nitrogens with two attached hydrogens (primary N) is 1. The molecule has 1 fully saturated rings. The van der Waals surface area contributed by atoms with Crippen molar-refractivity contribution in [1.29, 1.82) is 0 Å². The molecule has 2 unspecified atom stereocenters. The van der Waals surface area contributed by atoms with Crippen molar-refractivity contribution >= 4 is 5.91 Å². The second-order valence-corrected chi connectivity index (χ2v) is 6.39. The van der Waals surface area contributed by atoms with Crippen molar-refractivity contribution in [3.05, 3.63) is 71.8 Å². The van der Waals surface area contributed by atoms with Crippen molar-refractivity contribution in [2.45, 2.75) is 31.2 Å². The molecular formula is C20H24N2O. The Kier molecular flexibility index (Phi) is 5.09. The Labute approximate surface area is 137 Å². The van der Waals surface area contributed by atoms with Crippen LogP contribution in [-0.4, -0.2) is 18.5 Å². The summed E-state index contributed by atoms with van der Waals surface area (Å²) >= 11 is 0. The monoisotopic (exact) mass is 308 g/mol. The van der Waals surface area contributed by atoms with Gasteiger partial charge in [-0.15, -0.1) is 0 Å². The van der Waals surface area contributed by atoms with Crippen molar-refractivity contribution < 1.29 is 4.79 Å². The third-order valence-corrected chi connectivity index (χ3v) is 4.73. The lowest BCUT2D eigenvalue weighted by molar-refractivity contribution is -0.124. The summed E-state index contributed by atoms with van der Waals surface area (Å²) in [5, 5.41) is 3.15. The van der Waals surface area contributed by atoms with Crippen LogP contribution in [0.2, 0.25) is 0 Å². The maximum atomic E-state index is 12.4.